The number of rotatable bonds is 8. The van der Waals surface area contributed by atoms with Crippen LogP contribution in [0.3, 0.4) is 0 Å². The van der Waals surface area contributed by atoms with Crippen molar-refractivity contribution < 1.29 is 22.7 Å². The van der Waals surface area contributed by atoms with Gasteiger partial charge in [-0.15, -0.1) is 11.3 Å². The highest BCUT2D eigenvalue weighted by molar-refractivity contribution is 7.89. The number of sulfonamides is 1. The minimum atomic E-state index is -3.90. The van der Waals surface area contributed by atoms with Gasteiger partial charge in [-0.1, -0.05) is 19.9 Å². The van der Waals surface area contributed by atoms with Crippen LogP contribution in [0.25, 0.3) is 0 Å². The van der Waals surface area contributed by atoms with Gasteiger partial charge in [0.2, 0.25) is 15.9 Å². The second-order valence-electron chi connectivity index (χ2n) is 6.77. The van der Waals surface area contributed by atoms with E-state index in [9.17, 15) is 13.2 Å². The van der Waals surface area contributed by atoms with Gasteiger partial charge in [0.1, 0.15) is 19.3 Å². The molecular weight excluding hydrogens is 400 g/mol. The summed E-state index contributed by atoms with van der Waals surface area (Å²) in [6.07, 6.45) is 0.711. The molecule has 28 heavy (non-hydrogen) atoms. The molecule has 2 aromatic rings. The lowest BCUT2D eigenvalue weighted by Crippen LogP contribution is -2.49. The highest BCUT2D eigenvalue weighted by Gasteiger charge is 2.29. The van der Waals surface area contributed by atoms with Gasteiger partial charge in [-0.05, 0) is 35.9 Å². The number of carbonyl (C=O) groups is 1. The molecule has 0 bridgehead atoms. The Labute approximate surface area is 169 Å². The number of hydrogen-bond acceptors (Lipinski definition) is 6. The summed E-state index contributed by atoms with van der Waals surface area (Å²) in [5.41, 5.74) is 0. The fourth-order valence-corrected chi connectivity index (χ4v) is 4.86. The summed E-state index contributed by atoms with van der Waals surface area (Å²) >= 11 is 1.62. The minimum absolute atomic E-state index is 0.0359. The molecule has 0 saturated carbocycles. The molecule has 1 aliphatic heterocycles. The lowest BCUT2D eigenvalue weighted by Gasteiger charge is -2.23. The van der Waals surface area contributed by atoms with Gasteiger partial charge in [0.25, 0.3) is 0 Å². The molecule has 1 aromatic heterocycles. The number of fused-ring (bicyclic) bond motifs is 1. The Bertz CT molecular complexity index is 910. The molecule has 1 unspecified atom stereocenters. The number of amides is 1. The summed E-state index contributed by atoms with van der Waals surface area (Å²) < 4.78 is 39.0. The predicted octanol–water partition coefficient (Wildman–Crippen LogP) is 2.18. The first-order chi connectivity index (χ1) is 13.4. The van der Waals surface area contributed by atoms with Crippen molar-refractivity contribution >= 4 is 27.3 Å². The van der Waals surface area contributed by atoms with Gasteiger partial charge in [-0.3, -0.25) is 4.79 Å². The molecule has 9 heteroatoms. The van der Waals surface area contributed by atoms with Crippen LogP contribution >= 0.6 is 11.3 Å². The van der Waals surface area contributed by atoms with Crippen LogP contribution in [0.1, 0.15) is 18.7 Å². The van der Waals surface area contributed by atoms with Crippen molar-refractivity contribution in [3.05, 3.63) is 40.6 Å². The topological polar surface area (TPSA) is 93.7 Å². The normalized spacial score (nSPS) is 14.7. The van der Waals surface area contributed by atoms with Crippen LogP contribution in [0.15, 0.2) is 40.6 Å². The molecule has 7 nitrogen and oxygen atoms in total. The van der Waals surface area contributed by atoms with E-state index in [2.05, 4.69) is 10.0 Å². The molecular formula is C19H24N2O5S2. The molecule has 1 amide bonds. The summed E-state index contributed by atoms with van der Waals surface area (Å²) in [6.45, 7) is 4.85. The van der Waals surface area contributed by atoms with Crippen LogP contribution in [-0.2, 0) is 21.2 Å². The zero-order valence-corrected chi connectivity index (χ0v) is 17.4. The molecule has 0 spiro atoms. The number of ether oxygens (including phenoxy) is 2. The molecule has 2 N–H and O–H groups in total. The van der Waals surface area contributed by atoms with Crippen LogP contribution in [0.5, 0.6) is 11.5 Å². The molecule has 0 saturated heterocycles. The zero-order chi connectivity index (χ0) is 20.1. The van der Waals surface area contributed by atoms with E-state index in [0.29, 0.717) is 37.7 Å². The largest absolute Gasteiger partial charge is 0.486 e. The van der Waals surface area contributed by atoms with Gasteiger partial charge >= 0.3 is 0 Å². The van der Waals surface area contributed by atoms with E-state index in [0.717, 1.165) is 0 Å². The summed E-state index contributed by atoms with van der Waals surface area (Å²) in [6, 6.07) is 7.52. The van der Waals surface area contributed by atoms with Crippen molar-refractivity contribution in [2.24, 2.45) is 5.92 Å². The molecule has 1 aromatic carbocycles. The van der Waals surface area contributed by atoms with Crippen molar-refractivity contribution in [1.82, 2.24) is 10.0 Å². The van der Waals surface area contributed by atoms with Crippen LogP contribution in [-0.4, -0.2) is 40.1 Å². The molecule has 0 aliphatic carbocycles. The third-order valence-electron chi connectivity index (χ3n) is 4.31. The maximum Gasteiger partial charge on any atom is 0.241 e. The first kappa shape index (κ1) is 20.6. The van der Waals surface area contributed by atoms with E-state index in [1.165, 1.54) is 17.0 Å². The third kappa shape index (κ3) is 5.03. The van der Waals surface area contributed by atoms with Gasteiger partial charge in [0.15, 0.2) is 11.5 Å². The fourth-order valence-electron chi connectivity index (χ4n) is 2.79. The maximum absolute atomic E-state index is 12.8. The van der Waals surface area contributed by atoms with Gasteiger partial charge in [0.05, 0.1) is 4.90 Å². The maximum atomic E-state index is 12.8. The Kier molecular flexibility index (Phi) is 6.58. The Morgan fingerprint density at radius 2 is 1.93 bits per heavy atom. The lowest BCUT2D eigenvalue weighted by atomic mass is 10.1. The monoisotopic (exact) mass is 424 g/mol. The average molecular weight is 425 g/mol. The van der Waals surface area contributed by atoms with Crippen molar-refractivity contribution in [3.63, 3.8) is 0 Å². The standard InChI is InChI=1S/C19H24N2O5S2/c1-13(2)18(19(22)20-8-7-14-4-3-11-27-14)21-28(23,24)15-5-6-16-17(12-15)26-10-9-25-16/h3-6,11-13,18,21H,7-10H2,1-2H3,(H,20,22). The number of hydrogen-bond donors (Lipinski definition) is 2. The van der Waals surface area contributed by atoms with E-state index in [1.54, 1.807) is 31.3 Å². The Morgan fingerprint density at radius 1 is 1.18 bits per heavy atom. The molecule has 1 atom stereocenters. The number of nitrogens with one attached hydrogen (secondary N) is 2. The van der Waals surface area contributed by atoms with Gasteiger partial charge in [-0.25, -0.2) is 8.42 Å². The Hall–Kier alpha value is -2.10. The Morgan fingerprint density at radius 3 is 2.61 bits per heavy atom. The quantitative estimate of drug-likeness (QED) is 0.678. The summed E-state index contributed by atoms with van der Waals surface area (Å²) in [5, 5.41) is 4.80. The number of thiophene rings is 1. The number of benzene rings is 1. The molecule has 2 heterocycles. The summed E-state index contributed by atoms with van der Waals surface area (Å²) in [7, 11) is -3.90. The van der Waals surface area contributed by atoms with E-state index in [-0.39, 0.29) is 16.7 Å². The summed E-state index contributed by atoms with van der Waals surface area (Å²) in [5.74, 6) is 0.342. The van der Waals surface area contributed by atoms with E-state index in [4.69, 9.17) is 9.47 Å². The first-order valence-electron chi connectivity index (χ1n) is 9.09. The van der Waals surface area contributed by atoms with E-state index >= 15 is 0 Å². The van der Waals surface area contributed by atoms with Crippen molar-refractivity contribution in [3.8, 4) is 11.5 Å². The third-order valence-corrected chi connectivity index (χ3v) is 6.68. The van der Waals surface area contributed by atoms with Crippen LogP contribution in [0.4, 0.5) is 0 Å². The van der Waals surface area contributed by atoms with Gasteiger partial charge in [-0.2, -0.15) is 4.72 Å². The lowest BCUT2D eigenvalue weighted by molar-refractivity contribution is -0.123. The van der Waals surface area contributed by atoms with E-state index in [1.807, 2.05) is 17.5 Å². The van der Waals surface area contributed by atoms with Crippen LogP contribution < -0.4 is 19.5 Å². The van der Waals surface area contributed by atoms with Gasteiger partial charge < -0.3 is 14.8 Å². The first-order valence-corrected chi connectivity index (χ1v) is 11.4. The second-order valence-corrected chi connectivity index (χ2v) is 9.52. The van der Waals surface area contributed by atoms with Crippen LogP contribution in [0, 0.1) is 5.92 Å². The number of carbonyl (C=O) groups excluding carboxylic acids is 1. The molecule has 0 fully saturated rings. The fraction of sp³-hybridized carbons (Fsp3) is 0.421. The highest BCUT2D eigenvalue weighted by atomic mass is 32.2. The Balaban J connectivity index is 1.67. The van der Waals surface area contributed by atoms with Gasteiger partial charge in [0, 0.05) is 17.5 Å². The second kappa shape index (κ2) is 8.93. The minimum Gasteiger partial charge on any atom is -0.486 e. The van der Waals surface area contributed by atoms with Crippen molar-refractivity contribution in [2.75, 3.05) is 19.8 Å². The smallest absolute Gasteiger partial charge is 0.241 e. The van der Waals surface area contributed by atoms with Crippen LogP contribution in [0.2, 0.25) is 0 Å². The van der Waals surface area contributed by atoms with Crippen molar-refractivity contribution in [1.29, 1.82) is 0 Å². The molecule has 1 aliphatic rings. The SMILES string of the molecule is CC(C)C(NS(=O)(=O)c1ccc2c(c1)OCCO2)C(=O)NCCc1cccs1. The highest BCUT2D eigenvalue weighted by Crippen LogP contribution is 2.32. The van der Waals surface area contributed by atoms with Crippen molar-refractivity contribution in [2.45, 2.75) is 31.2 Å². The molecule has 152 valence electrons. The summed E-state index contributed by atoms with van der Waals surface area (Å²) in [4.78, 5) is 13.8. The molecule has 0 radical (unpaired) electrons. The predicted molar refractivity (Wildman–Crippen MR) is 107 cm³/mol. The molecule has 3 rings (SSSR count). The average Bonchev–Trinajstić information content (AvgIpc) is 3.19. The zero-order valence-electron chi connectivity index (χ0n) is 15.8. The van der Waals surface area contributed by atoms with E-state index < -0.39 is 16.1 Å².